The van der Waals surface area contributed by atoms with E-state index in [0.717, 1.165) is 9.87 Å². The van der Waals surface area contributed by atoms with Crippen molar-refractivity contribution in [3.05, 3.63) is 89.7 Å². The first-order valence-electron chi connectivity index (χ1n) is 12.6. The minimum Gasteiger partial charge on any atom is -0.497 e. The Hall–Kier alpha value is -3.92. The minimum absolute atomic E-state index is 0.0360. The SMILES string of the molecule is CCCNC(=O)[C@@H](C)N(Cc1ccccc1F)C(=O)CN(c1ccc(C)cc1)S(=O)(=O)c1ccc(OC)cc1. The van der Waals surface area contributed by atoms with E-state index in [1.54, 1.807) is 30.3 Å². The second-order valence-electron chi connectivity index (χ2n) is 9.10. The quantitative estimate of drug-likeness (QED) is 0.360. The van der Waals surface area contributed by atoms with Crippen molar-refractivity contribution in [1.29, 1.82) is 0 Å². The molecule has 0 unspecified atom stereocenters. The van der Waals surface area contributed by atoms with Crippen LogP contribution in [0, 0.1) is 12.7 Å². The van der Waals surface area contributed by atoms with Crippen molar-refractivity contribution >= 4 is 27.5 Å². The fourth-order valence-corrected chi connectivity index (χ4v) is 5.32. The van der Waals surface area contributed by atoms with E-state index in [-0.39, 0.29) is 22.7 Å². The molecule has 0 aliphatic heterocycles. The second-order valence-corrected chi connectivity index (χ2v) is 11.0. The summed E-state index contributed by atoms with van der Waals surface area (Å²) in [5.74, 6) is -1.12. The monoisotopic (exact) mass is 555 g/mol. The molecule has 3 aromatic carbocycles. The highest BCUT2D eigenvalue weighted by Gasteiger charge is 2.32. The van der Waals surface area contributed by atoms with Gasteiger partial charge in [0.2, 0.25) is 11.8 Å². The summed E-state index contributed by atoms with van der Waals surface area (Å²) in [6.07, 6.45) is 0.695. The van der Waals surface area contributed by atoms with E-state index < -0.39 is 40.2 Å². The maximum absolute atomic E-state index is 14.6. The Labute approximate surface area is 229 Å². The zero-order valence-corrected chi connectivity index (χ0v) is 23.4. The van der Waals surface area contributed by atoms with E-state index in [9.17, 15) is 22.4 Å². The number of benzene rings is 3. The Kier molecular flexibility index (Phi) is 10.1. The summed E-state index contributed by atoms with van der Waals surface area (Å²) in [6, 6.07) is 17.5. The average molecular weight is 556 g/mol. The molecule has 8 nitrogen and oxygen atoms in total. The maximum atomic E-state index is 14.6. The maximum Gasteiger partial charge on any atom is 0.264 e. The van der Waals surface area contributed by atoms with Crippen LogP contribution in [-0.2, 0) is 26.2 Å². The van der Waals surface area contributed by atoms with Crippen LogP contribution in [0.5, 0.6) is 5.75 Å². The minimum atomic E-state index is -4.21. The molecular formula is C29H34FN3O5S. The summed E-state index contributed by atoms with van der Waals surface area (Å²) < 4.78 is 48.3. The van der Waals surface area contributed by atoms with E-state index in [1.165, 1.54) is 61.4 Å². The third-order valence-corrected chi connectivity index (χ3v) is 8.05. The number of aryl methyl sites for hydroxylation is 1. The summed E-state index contributed by atoms with van der Waals surface area (Å²) in [5, 5.41) is 2.76. The lowest BCUT2D eigenvalue weighted by molar-refractivity contribution is -0.139. The van der Waals surface area contributed by atoms with Crippen LogP contribution in [0.3, 0.4) is 0 Å². The molecule has 0 aromatic heterocycles. The van der Waals surface area contributed by atoms with Crippen molar-refractivity contribution in [2.75, 3.05) is 24.5 Å². The number of sulfonamides is 1. The normalized spacial score (nSPS) is 11.9. The molecule has 0 saturated carbocycles. The zero-order valence-electron chi connectivity index (χ0n) is 22.6. The first-order valence-corrected chi connectivity index (χ1v) is 14.1. The third kappa shape index (κ3) is 7.35. The van der Waals surface area contributed by atoms with Crippen LogP contribution < -0.4 is 14.4 Å². The number of rotatable bonds is 12. The molecule has 1 N–H and O–H groups in total. The lowest BCUT2D eigenvalue weighted by atomic mass is 10.1. The van der Waals surface area contributed by atoms with Gasteiger partial charge in [-0.2, -0.15) is 0 Å². The molecule has 0 heterocycles. The molecule has 0 aliphatic rings. The number of carbonyl (C=O) groups excluding carboxylic acids is 2. The van der Waals surface area contributed by atoms with E-state index in [0.29, 0.717) is 18.7 Å². The first kappa shape index (κ1) is 29.6. The zero-order chi connectivity index (χ0) is 28.6. The highest BCUT2D eigenvalue weighted by molar-refractivity contribution is 7.92. The number of hydrogen-bond donors (Lipinski definition) is 1. The molecule has 0 fully saturated rings. The molecule has 0 radical (unpaired) electrons. The molecule has 0 aliphatic carbocycles. The smallest absolute Gasteiger partial charge is 0.264 e. The topological polar surface area (TPSA) is 96.0 Å². The van der Waals surface area contributed by atoms with E-state index >= 15 is 0 Å². The van der Waals surface area contributed by atoms with Gasteiger partial charge in [0.25, 0.3) is 10.0 Å². The number of hydrogen-bond acceptors (Lipinski definition) is 5. The van der Waals surface area contributed by atoms with Crippen molar-refractivity contribution < 1.29 is 27.1 Å². The van der Waals surface area contributed by atoms with Crippen LogP contribution in [0.15, 0.2) is 77.7 Å². The van der Waals surface area contributed by atoms with Crippen molar-refractivity contribution in [2.45, 2.75) is 44.7 Å². The van der Waals surface area contributed by atoms with Gasteiger partial charge in [-0.1, -0.05) is 42.8 Å². The number of ether oxygens (including phenoxy) is 1. The van der Waals surface area contributed by atoms with E-state index in [2.05, 4.69) is 5.32 Å². The molecule has 1 atom stereocenters. The predicted molar refractivity (Wildman–Crippen MR) is 148 cm³/mol. The number of nitrogens with zero attached hydrogens (tertiary/aromatic N) is 2. The standard InChI is InChI=1S/C29H34FN3O5S/c1-5-18-31-29(35)22(3)32(19-23-8-6-7-9-27(23)30)28(34)20-33(24-12-10-21(2)11-13-24)39(36,37)26-16-14-25(38-4)15-17-26/h6-17,22H,5,18-20H2,1-4H3,(H,31,35)/t22-/m1/s1. The molecule has 3 aromatic rings. The van der Waals surface area contributed by atoms with Crippen molar-refractivity contribution in [1.82, 2.24) is 10.2 Å². The fourth-order valence-electron chi connectivity index (χ4n) is 3.90. The number of anilines is 1. The summed E-state index contributed by atoms with van der Waals surface area (Å²) in [4.78, 5) is 27.8. The first-order chi connectivity index (χ1) is 18.6. The lowest BCUT2D eigenvalue weighted by Crippen LogP contribution is -2.51. The molecule has 208 valence electrons. The van der Waals surface area contributed by atoms with Gasteiger partial charge >= 0.3 is 0 Å². The summed E-state index contributed by atoms with van der Waals surface area (Å²) >= 11 is 0. The van der Waals surface area contributed by atoms with Gasteiger partial charge in [-0.05, 0) is 62.7 Å². The molecule has 0 saturated heterocycles. The Morgan fingerprint density at radius 2 is 1.64 bits per heavy atom. The number of nitrogens with one attached hydrogen (secondary N) is 1. The van der Waals surface area contributed by atoms with Gasteiger partial charge in [0, 0.05) is 18.7 Å². The highest BCUT2D eigenvalue weighted by Crippen LogP contribution is 2.26. The fraction of sp³-hybridized carbons (Fsp3) is 0.310. The molecule has 39 heavy (non-hydrogen) atoms. The van der Waals surface area contributed by atoms with Gasteiger partial charge in [0.05, 0.1) is 17.7 Å². The Morgan fingerprint density at radius 1 is 1.00 bits per heavy atom. The summed E-state index contributed by atoms with van der Waals surface area (Å²) in [6.45, 7) is 4.90. The number of halogens is 1. The Morgan fingerprint density at radius 3 is 2.23 bits per heavy atom. The highest BCUT2D eigenvalue weighted by atomic mass is 32.2. The molecule has 0 bridgehead atoms. The van der Waals surface area contributed by atoms with E-state index in [4.69, 9.17) is 4.74 Å². The molecule has 2 amide bonds. The van der Waals surface area contributed by atoms with Crippen molar-refractivity contribution in [3.8, 4) is 5.75 Å². The second kappa shape index (κ2) is 13.2. The molecule has 10 heteroatoms. The Bertz CT molecular complexity index is 1380. The van der Waals surface area contributed by atoms with Crippen LogP contribution >= 0.6 is 0 Å². The average Bonchev–Trinajstić information content (AvgIpc) is 2.94. The molecular weight excluding hydrogens is 521 g/mol. The number of amides is 2. The van der Waals surface area contributed by atoms with E-state index in [1.807, 2.05) is 13.8 Å². The van der Waals surface area contributed by atoms with Gasteiger partial charge in [-0.15, -0.1) is 0 Å². The van der Waals surface area contributed by atoms with Crippen molar-refractivity contribution in [3.63, 3.8) is 0 Å². The largest absolute Gasteiger partial charge is 0.497 e. The summed E-state index contributed by atoms with van der Waals surface area (Å²) in [7, 11) is -2.73. The molecule has 3 rings (SSSR count). The van der Waals surface area contributed by atoms with Gasteiger partial charge in [0.1, 0.15) is 24.2 Å². The van der Waals surface area contributed by atoms with Gasteiger partial charge in [-0.25, -0.2) is 12.8 Å². The van der Waals surface area contributed by atoms with Crippen LogP contribution in [-0.4, -0.2) is 51.4 Å². The van der Waals surface area contributed by atoms with Gasteiger partial charge in [0.15, 0.2) is 0 Å². The van der Waals surface area contributed by atoms with Crippen LogP contribution in [0.25, 0.3) is 0 Å². The predicted octanol–water partition coefficient (Wildman–Crippen LogP) is 4.28. The number of methoxy groups -OCH3 is 1. The van der Waals surface area contributed by atoms with Crippen LogP contribution in [0.2, 0.25) is 0 Å². The molecule has 0 spiro atoms. The summed E-state index contributed by atoms with van der Waals surface area (Å²) in [5.41, 5.74) is 1.40. The number of carbonyl (C=O) groups is 2. The third-order valence-electron chi connectivity index (χ3n) is 6.26. The van der Waals surface area contributed by atoms with Crippen molar-refractivity contribution in [2.24, 2.45) is 0 Å². The van der Waals surface area contributed by atoms with Gasteiger partial charge in [-0.3, -0.25) is 13.9 Å². The van der Waals surface area contributed by atoms with Gasteiger partial charge < -0.3 is 15.0 Å². The van der Waals surface area contributed by atoms with Crippen LogP contribution in [0.4, 0.5) is 10.1 Å². The Balaban J connectivity index is 2.02. The lowest BCUT2D eigenvalue weighted by Gasteiger charge is -2.32. The van der Waals surface area contributed by atoms with Crippen LogP contribution in [0.1, 0.15) is 31.4 Å².